The van der Waals surface area contributed by atoms with Gasteiger partial charge in [0.15, 0.2) is 0 Å². The number of benzene rings is 1. The molecule has 0 unspecified atom stereocenters. The maximum Gasteiger partial charge on any atom is 0.260 e. The van der Waals surface area contributed by atoms with E-state index in [1.165, 1.54) is 11.0 Å². The van der Waals surface area contributed by atoms with E-state index in [-0.39, 0.29) is 17.3 Å². The first-order chi connectivity index (χ1) is 20.3. The Morgan fingerprint density at radius 3 is 2.74 bits per heavy atom. The highest BCUT2D eigenvalue weighted by Crippen LogP contribution is 2.43. The summed E-state index contributed by atoms with van der Waals surface area (Å²) in [6, 6.07) is 9.39. The molecule has 0 radical (unpaired) electrons. The highest BCUT2D eigenvalue weighted by Gasteiger charge is 2.31. The molecule has 1 fully saturated rings. The van der Waals surface area contributed by atoms with Gasteiger partial charge in [-0.25, -0.2) is 9.37 Å². The highest BCUT2D eigenvalue weighted by molar-refractivity contribution is 5.96. The van der Waals surface area contributed by atoms with Gasteiger partial charge in [-0.05, 0) is 73.1 Å². The van der Waals surface area contributed by atoms with Crippen molar-refractivity contribution in [3.63, 3.8) is 0 Å². The van der Waals surface area contributed by atoms with Crippen molar-refractivity contribution < 1.29 is 9.18 Å². The van der Waals surface area contributed by atoms with Crippen LogP contribution < -0.4 is 10.9 Å². The largest absolute Gasteiger partial charge is 0.384 e. The fourth-order valence-corrected chi connectivity index (χ4v) is 6.44. The molecule has 1 amide bonds. The molecule has 0 bridgehead atoms. The molecule has 0 atom stereocenters. The zero-order valence-electron chi connectivity index (χ0n) is 24.3. The second-order valence-corrected chi connectivity index (χ2v) is 11.9. The average molecular weight is 567 g/mol. The third-order valence-corrected chi connectivity index (χ3v) is 8.97. The normalized spacial score (nSPS) is 16.8. The zero-order chi connectivity index (χ0) is 29.1. The van der Waals surface area contributed by atoms with E-state index >= 15 is 4.39 Å². The van der Waals surface area contributed by atoms with Gasteiger partial charge in [-0.1, -0.05) is 6.08 Å². The highest BCUT2D eigenvalue weighted by atomic mass is 19.1. The molecular formula is C33H35FN6O2. The van der Waals surface area contributed by atoms with Gasteiger partial charge in [0.1, 0.15) is 11.5 Å². The van der Waals surface area contributed by atoms with Crippen LogP contribution in [-0.4, -0.2) is 63.6 Å². The molecule has 1 aromatic carbocycles. The van der Waals surface area contributed by atoms with Crippen LogP contribution in [0.3, 0.4) is 0 Å². The Hall–Kier alpha value is -4.24. The van der Waals surface area contributed by atoms with Crippen LogP contribution in [0.25, 0.3) is 22.3 Å². The number of nitrogens with zero attached hydrogens (tertiary/aromatic N) is 5. The van der Waals surface area contributed by atoms with Crippen LogP contribution in [0.15, 0.2) is 53.6 Å². The van der Waals surface area contributed by atoms with Gasteiger partial charge in [-0.2, -0.15) is 0 Å². The van der Waals surface area contributed by atoms with E-state index in [1.807, 2.05) is 31.4 Å². The first kappa shape index (κ1) is 26.6. The van der Waals surface area contributed by atoms with E-state index in [4.69, 9.17) is 0 Å². The molecule has 3 aromatic heterocycles. The Morgan fingerprint density at radius 1 is 1.17 bits per heavy atom. The molecule has 4 aromatic rings. The van der Waals surface area contributed by atoms with Crippen LogP contribution in [0.4, 0.5) is 10.1 Å². The minimum absolute atomic E-state index is 0.0142. The van der Waals surface area contributed by atoms with Crippen molar-refractivity contribution in [1.82, 2.24) is 23.9 Å². The van der Waals surface area contributed by atoms with E-state index in [1.54, 1.807) is 24.9 Å². The lowest BCUT2D eigenvalue weighted by molar-refractivity contribution is 0.0826. The first-order valence-corrected chi connectivity index (χ1v) is 14.7. The molecule has 216 valence electrons. The number of amides is 1. The van der Waals surface area contributed by atoms with Gasteiger partial charge < -0.3 is 14.8 Å². The summed E-state index contributed by atoms with van der Waals surface area (Å²) in [5.41, 5.74) is 7.63. The lowest BCUT2D eigenvalue weighted by Crippen LogP contribution is -2.29. The molecule has 0 saturated heterocycles. The third kappa shape index (κ3) is 4.52. The van der Waals surface area contributed by atoms with Crippen molar-refractivity contribution in [3.05, 3.63) is 92.9 Å². The monoisotopic (exact) mass is 566 g/mol. The smallest absolute Gasteiger partial charge is 0.260 e. The van der Waals surface area contributed by atoms with Crippen molar-refractivity contribution in [2.45, 2.75) is 38.1 Å². The van der Waals surface area contributed by atoms with Gasteiger partial charge >= 0.3 is 0 Å². The number of halogens is 1. The maximum absolute atomic E-state index is 15.4. The quantitative estimate of drug-likeness (QED) is 0.366. The van der Waals surface area contributed by atoms with Gasteiger partial charge in [0.2, 0.25) is 0 Å². The standard InChI is InChI=1S/C33H35FN6O2/c1-37(2)32(41)26-18-28(34)25(17-24(26)20-4-5-20)21-8-13-39(14-9-21)19-22-16-27-30(7-12-36-31(27)38(22)3)40-15-10-29-23(33(40)42)6-11-35-29/h7-8,10,12,15-18,20,35H,4-6,9,11,13-14,19H2,1-3H3. The number of carbonyl (C=O) groups excluding carboxylic acids is 1. The van der Waals surface area contributed by atoms with Crippen molar-refractivity contribution in [1.29, 1.82) is 0 Å². The number of anilines is 1. The minimum atomic E-state index is -0.325. The van der Waals surface area contributed by atoms with E-state index in [2.05, 4.69) is 31.9 Å². The van der Waals surface area contributed by atoms with E-state index in [9.17, 15) is 9.59 Å². The molecule has 1 N–H and O–H groups in total. The second-order valence-electron chi connectivity index (χ2n) is 11.9. The van der Waals surface area contributed by atoms with E-state index in [0.29, 0.717) is 30.1 Å². The molecule has 42 heavy (non-hydrogen) atoms. The maximum atomic E-state index is 15.4. The van der Waals surface area contributed by atoms with E-state index < -0.39 is 0 Å². The van der Waals surface area contributed by atoms with Crippen molar-refractivity contribution in [2.75, 3.05) is 39.0 Å². The number of pyridine rings is 2. The van der Waals surface area contributed by atoms with Crippen molar-refractivity contribution >= 4 is 28.2 Å². The number of nitrogens with one attached hydrogen (secondary N) is 1. The Kier molecular flexibility index (Phi) is 6.50. The number of aromatic nitrogens is 3. The van der Waals surface area contributed by atoms with Crippen LogP contribution in [0.2, 0.25) is 0 Å². The Labute approximate surface area is 244 Å². The molecule has 1 aliphatic carbocycles. The van der Waals surface area contributed by atoms with Crippen LogP contribution >= 0.6 is 0 Å². The molecule has 2 aliphatic heterocycles. The zero-order valence-corrected chi connectivity index (χ0v) is 24.3. The van der Waals surface area contributed by atoms with Gasteiger partial charge in [0.25, 0.3) is 11.5 Å². The van der Waals surface area contributed by atoms with Crippen LogP contribution in [-0.2, 0) is 20.0 Å². The second kappa shape index (κ2) is 10.2. The Morgan fingerprint density at radius 2 is 2.00 bits per heavy atom. The van der Waals surface area contributed by atoms with Crippen LogP contribution in [0.5, 0.6) is 0 Å². The third-order valence-electron chi connectivity index (χ3n) is 8.97. The lowest BCUT2D eigenvalue weighted by atomic mass is 9.92. The SMILES string of the molecule is CN(C)C(=O)c1cc(F)c(C2=CCN(Cc3cc4c(-n5ccc6c(c5=O)CCN6)ccnc4n3C)CC2)cc1C1CC1. The van der Waals surface area contributed by atoms with Crippen molar-refractivity contribution in [2.24, 2.45) is 7.05 Å². The Balaban J connectivity index is 1.14. The number of rotatable bonds is 6. The summed E-state index contributed by atoms with van der Waals surface area (Å²) < 4.78 is 19.2. The predicted molar refractivity (Wildman–Crippen MR) is 163 cm³/mol. The summed E-state index contributed by atoms with van der Waals surface area (Å²) in [6.45, 7) is 3.00. The number of hydrogen-bond donors (Lipinski definition) is 1. The van der Waals surface area contributed by atoms with E-state index in [0.717, 1.165) is 83.6 Å². The summed E-state index contributed by atoms with van der Waals surface area (Å²) >= 11 is 0. The number of hydrogen-bond acceptors (Lipinski definition) is 5. The molecule has 5 heterocycles. The molecule has 7 rings (SSSR count). The summed E-state index contributed by atoms with van der Waals surface area (Å²) in [5, 5.41) is 4.22. The van der Waals surface area contributed by atoms with Gasteiger partial charge in [0, 0.05) is 93.2 Å². The minimum Gasteiger partial charge on any atom is -0.384 e. The summed E-state index contributed by atoms with van der Waals surface area (Å²) in [6.07, 6.45) is 9.28. The number of carbonyl (C=O) groups is 1. The molecule has 3 aliphatic rings. The number of fused-ring (bicyclic) bond motifs is 2. The summed E-state index contributed by atoms with van der Waals surface area (Å²) in [4.78, 5) is 34.5. The molecule has 8 nitrogen and oxygen atoms in total. The fourth-order valence-electron chi connectivity index (χ4n) is 6.44. The average Bonchev–Trinajstić information content (AvgIpc) is 3.63. The van der Waals surface area contributed by atoms with Gasteiger partial charge in [0.05, 0.1) is 5.69 Å². The first-order valence-electron chi connectivity index (χ1n) is 14.7. The number of aryl methyl sites for hydroxylation is 1. The van der Waals surface area contributed by atoms with Crippen LogP contribution in [0.1, 0.15) is 57.9 Å². The lowest BCUT2D eigenvalue weighted by Gasteiger charge is -2.27. The van der Waals surface area contributed by atoms with Crippen molar-refractivity contribution in [3.8, 4) is 5.69 Å². The predicted octanol–water partition coefficient (Wildman–Crippen LogP) is 4.70. The molecule has 9 heteroatoms. The fraction of sp³-hybridized carbons (Fsp3) is 0.364. The van der Waals surface area contributed by atoms with Gasteiger partial charge in [-0.15, -0.1) is 0 Å². The molecular weight excluding hydrogens is 531 g/mol. The summed E-state index contributed by atoms with van der Waals surface area (Å²) in [5.74, 6) is -0.121. The molecule has 0 spiro atoms. The summed E-state index contributed by atoms with van der Waals surface area (Å²) in [7, 11) is 5.43. The van der Waals surface area contributed by atoms with Gasteiger partial charge in [-0.3, -0.25) is 19.1 Å². The molecule has 1 saturated carbocycles. The van der Waals surface area contributed by atoms with Crippen LogP contribution in [0, 0.1) is 5.82 Å². The topological polar surface area (TPSA) is 75.4 Å². The Bertz CT molecular complexity index is 1830.